The predicted molar refractivity (Wildman–Crippen MR) is 159 cm³/mol. The second-order valence-electron chi connectivity index (χ2n) is 12.0. The van der Waals surface area contributed by atoms with Crippen molar-refractivity contribution in [2.24, 2.45) is 0 Å². The number of piperazine rings is 1. The summed E-state index contributed by atoms with van der Waals surface area (Å²) in [6, 6.07) is 2.51. The van der Waals surface area contributed by atoms with Crippen LogP contribution in [0.1, 0.15) is 61.7 Å². The fraction of sp³-hybridized carbons (Fsp3) is 0.581. The minimum absolute atomic E-state index is 0.0290. The first kappa shape index (κ1) is 28.8. The van der Waals surface area contributed by atoms with E-state index in [0.29, 0.717) is 50.2 Å². The smallest absolute Gasteiger partial charge is 0.281 e. The minimum Gasteiger partial charge on any atom is -0.368 e. The van der Waals surface area contributed by atoms with Gasteiger partial charge in [-0.1, -0.05) is 18.7 Å². The molecular weight excluding hydrogens is 540 g/mol. The summed E-state index contributed by atoms with van der Waals surface area (Å²) < 4.78 is 37.5. The van der Waals surface area contributed by atoms with Gasteiger partial charge in [0.05, 0.1) is 24.5 Å². The molecule has 3 fully saturated rings. The van der Waals surface area contributed by atoms with Crippen LogP contribution < -0.4 is 9.80 Å². The number of rotatable bonds is 6. The lowest BCUT2D eigenvalue weighted by Gasteiger charge is -2.49. The third kappa shape index (κ3) is 5.00. The summed E-state index contributed by atoms with van der Waals surface area (Å²) in [5, 5.41) is 4.61. The summed E-state index contributed by atoms with van der Waals surface area (Å²) in [4.78, 5) is 25.0. The number of pyridine rings is 1. The molecule has 2 aromatic heterocycles. The number of amides is 1. The van der Waals surface area contributed by atoms with Gasteiger partial charge < -0.3 is 19.4 Å². The first-order chi connectivity index (χ1) is 20.2. The van der Waals surface area contributed by atoms with Crippen molar-refractivity contribution in [2.45, 2.75) is 57.7 Å². The molecule has 11 heteroatoms. The number of hydrogen-bond donors (Lipinski definition) is 0. The van der Waals surface area contributed by atoms with E-state index in [-0.39, 0.29) is 17.6 Å². The molecule has 9 nitrogen and oxygen atoms in total. The molecule has 4 aliphatic heterocycles. The van der Waals surface area contributed by atoms with Gasteiger partial charge in [0.2, 0.25) is 5.91 Å². The molecular formula is C31H41F2N7O2. The fourth-order valence-corrected chi connectivity index (χ4v) is 7.04. The Morgan fingerprint density at radius 1 is 1.14 bits per heavy atom. The Bertz CT molecular complexity index is 1350. The quantitative estimate of drug-likeness (QED) is 0.475. The van der Waals surface area contributed by atoms with E-state index in [1.807, 2.05) is 24.1 Å². The van der Waals surface area contributed by atoms with E-state index < -0.39 is 12.0 Å². The first-order valence-electron chi connectivity index (χ1n) is 15.0. The van der Waals surface area contributed by atoms with Crippen molar-refractivity contribution in [3.05, 3.63) is 53.5 Å². The van der Waals surface area contributed by atoms with E-state index in [2.05, 4.69) is 49.9 Å². The molecule has 6 rings (SSSR count). The summed E-state index contributed by atoms with van der Waals surface area (Å²) in [5.74, 6) is 0.566. The van der Waals surface area contributed by atoms with E-state index in [9.17, 15) is 13.6 Å². The van der Waals surface area contributed by atoms with Crippen LogP contribution in [0.15, 0.2) is 31.0 Å². The highest BCUT2D eigenvalue weighted by Crippen LogP contribution is 2.44. The van der Waals surface area contributed by atoms with Crippen molar-refractivity contribution in [3.63, 3.8) is 0 Å². The normalized spacial score (nSPS) is 23.1. The van der Waals surface area contributed by atoms with Crippen LogP contribution in [0.5, 0.6) is 0 Å². The van der Waals surface area contributed by atoms with E-state index in [1.54, 1.807) is 12.2 Å². The fourth-order valence-electron chi connectivity index (χ4n) is 7.04. The molecule has 2 aromatic rings. The number of fused-ring (bicyclic) bond motifs is 2. The second-order valence-corrected chi connectivity index (χ2v) is 12.0. The van der Waals surface area contributed by atoms with Gasteiger partial charge in [-0.25, -0.2) is 13.8 Å². The topological polar surface area (TPSA) is 70.0 Å². The molecule has 0 saturated carbocycles. The monoisotopic (exact) mass is 581 g/mol. The number of hydrogen-bond acceptors (Lipinski definition) is 7. The van der Waals surface area contributed by atoms with Gasteiger partial charge in [-0.3, -0.25) is 14.4 Å². The number of aryl methyl sites for hydroxylation is 1. The van der Waals surface area contributed by atoms with Gasteiger partial charge in [-0.05, 0) is 45.3 Å². The highest BCUT2D eigenvalue weighted by atomic mass is 19.3. The van der Waals surface area contributed by atoms with Gasteiger partial charge >= 0.3 is 0 Å². The third-order valence-electron chi connectivity index (χ3n) is 9.44. The van der Waals surface area contributed by atoms with Gasteiger partial charge in [0.25, 0.3) is 6.43 Å². The van der Waals surface area contributed by atoms with Gasteiger partial charge in [0.15, 0.2) is 0 Å². The van der Waals surface area contributed by atoms with Crippen molar-refractivity contribution in [1.29, 1.82) is 0 Å². The van der Waals surface area contributed by atoms with E-state index in [1.165, 1.54) is 6.08 Å². The number of anilines is 2. The number of ether oxygens (including phenoxy) is 1. The molecule has 1 amide bonds. The van der Waals surface area contributed by atoms with Crippen molar-refractivity contribution in [1.82, 2.24) is 24.6 Å². The molecule has 0 radical (unpaired) electrons. The van der Waals surface area contributed by atoms with E-state index in [0.717, 1.165) is 56.0 Å². The van der Waals surface area contributed by atoms with Crippen LogP contribution in [-0.4, -0.2) is 95.5 Å². The Labute approximate surface area is 246 Å². The molecule has 6 heterocycles. The SMILES string of the molecule is C=CC(=O)N1CCN(C2CN(c3cc(N4CCC5(CC4)OCC(C)n4ncc(C)c45)nc(C(F)F)c3/C=C\C)C2)CC1. The molecule has 1 atom stereocenters. The standard InChI is InChI=1S/C31H41F2N7O2/c1-5-7-24-25(39-18-23(19-39)36-12-14-38(15-13-36)27(41)6-2)16-26(35-28(24)30(32)33)37-10-8-31(9-11-37)29-21(3)17-34-40(29)22(4)20-42-31/h5-7,16-17,22-23,30H,2,8-15,18-20H2,1,3-4H3/b7-5-. The molecule has 1 spiro atoms. The Balaban J connectivity index is 1.20. The van der Waals surface area contributed by atoms with Crippen LogP contribution in [0.4, 0.5) is 20.3 Å². The van der Waals surface area contributed by atoms with Crippen molar-refractivity contribution in [3.8, 4) is 0 Å². The lowest BCUT2D eigenvalue weighted by molar-refractivity contribution is -0.128. The van der Waals surface area contributed by atoms with Crippen LogP contribution in [0.25, 0.3) is 6.08 Å². The number of alkyl halides is 2. The molecule has 1 unspecified atom stereocenters. The van der Waals surface area contributed by atoms with Crippen LogP contribution in [-0.2, 0) is 15.1 Å². The highest BCUT2D eigenvalue weighted by Gasteiger charge is 2.45. The Morgan fingerprint density at radius 3 is 2.50 bits per heavy atom. The van der Waals surface area contributed by atoms with Gasteiger partial charge in [0, 0.05) is 75.7 Å². The molecule has 0 aliphatic carbocycles. The van der Waals surface area contributed by atoms with Crippen molar-refractivity contribution < 1.29 is 18.3 Å². The van der Waals surface area contributed by atoms with Gasteiger partial charge in [-0.15, -0.1) is 0 Å². The summed E-state index contributed by atoms with van der Waals surface area (Å²) in [6.45, 7) is 16.0. The highest BCUT2D eigenvalue weighted by molar-refractivity contribution is 5.87. The average Bonchev–Trinajstić information content (AvgIpc) is 3.38. The molecule has 0 N–H and O–H groups in total. The Hall–Kier alpha value is -3.31. The summed E-state index contributed by atoms with van der Waals surface area (Å²) >= 11 is 0. The van der Waals surface area contributed by atoms with Crippen molar-refractivity contribution in [2.75, 3.05) is 68.8 Å². The van der Waals surface area contributed by atoms with E-state index >= 15 is 0 Å². The zero-order valence-electron chi connectivity index (χ0n) is 24.8. The van der Waals surface area contributed by atoms with Crippen LogP contribution in [0.2, 0.25) is 0 Å². The lowest BCUT2D eigenvalue weighted by Crippen LogP contribution is -2.63. The first-order valence-corrected chi connectivity index (χ1v) is 15.0. The molecule has 4 aliphatic rings. The molecule has 226 valence electrons. The second kappa shape index (κ2) is 11.4. The number of piperidine rings is 1. The molecule has 0 aromatic carbocycles. The van der Waals surface area contributed by atoms with Crippen LogP contribution in [0.3, 0.4) is 0 Å². The van der Waals surface area contributed by atoms with Gasteiger partial charge in [-0.2, -0.15) is 5.10 Å². The molecule has 42 heavy (non-hydrogen) atoms. The summed E-state index contributed by atoms with van der Waals surface area (Å²) in [6.07, 6.45) is 5.65. The average molecular weight is 582 g/mol. The largest absolute Gasteiger partial charge is 0.368 e. The zero-order chi connectivity index (χ0) is 29.6. The van der Waals surface area contributed by atoms with Crippen LogP contribution in [0, 0.1) is 6.92 Å². The van der Waals surface area contributed by atoms with Crippen molar-refractivity contribution >= 4 is 23.5 Å². The number of allylic oxidation sites excluding steroid dienone is 1. The lowest BCUT2D eigenvalue weighted by atomic mass is 9.84. The summed E-state index contributed by atoms with van der Waals surface area (Å²) in [7, 11) is 0. The molecule has 0 bridgehead atoms. The Morgan fingerprint density at radius 2 is 1.86 bits per heavy atom. The number of nitrogens with zero attached hydrogens (tertiary/aromatic N) is 7. The Kier molecular flexibility index (Phi) is 7.82. The maximum absolute atomic E-state index is 14.4. The predicted octanol–water partition coefficient (Wildman–Crippen LogP) is 4.16. The zero-order valence-corrected chi connectivity index (χ0v) is 24.8. The van der Waals surface area contributed by atoms with Gasteiger partial charge in [0.1, 0.15) is 17.1 Å². The number of aromatic nitrogens is 3. The number of carbonyl (C=O) groups is 1. The van der Waals surface area contributed by atoms with Crippen LogP contribution >= 0.6 is 0 Å². The van der Waals surface area contributed by atoms with E-state index in [4.69, 9.17) is 4.74 Å². The number of carbonyl (C=O) groups excluding carboxylic acids is 1. The third-order valence-corrected chi connectivity index (χ3v) is 9.44. The maximum atomic E-state index is 14.4. The summed E-state index contributed by atoms with van der Waals surface area (Å²) in [5.41, 5.74) is 3.00. The minimum atomic E-state index is -2.68. The maximum Gasteiger partial charge on any atom is 0.281 e. The molecule has 3 saturated heterocycles. The number of halogens is 2.